The number of nitrogens with two attached hydrogens (primary N) is 1. The molecule has 0 bridgehead atoms. The average molecular weight is 1210 g/mol. The van der Waals surface area contributed by atoms with Crippen molar-refractivity contribution in [1.82, 2.24) is 62.6 Å². The molecule has 2 aliphatic heterocycles. The number of carbonyl (C=O) groups is 10. The highest BCUT2D eigenvalue weighted by Gasteiger charge is 2.38. The van der Waals surface area contributed by atoms with Crippen molar-refractivity contribution in [2.75, 3.05) is 32.8 Å². The molecule has 0 spiro atoms. The summed E-state index contributed by atoms with van der Waals surface area (Å²) < 4.78 is 0. The summed E-state index contributed by atoms with van der Waals surface area (Å²) in [7, 11) is 0. The number of aromatic hydroxyl groups is 1. The summed E-state index contributed by atoms with van der Waals surface area (Å²) in [5, 5.41) is 52.8. The lowest BCUT2D eigenvalue weighted by Crippen LogP contribution is -2.61. The monoisotopic (exact) mass is 1200 g/mol. The number of aromatic nitrogens is 1. The van der Waals surface area contributed by atoms with Crippen molar-refractivity contribution < 1.29 is 58.2 Å². The summed E-state index contributed by atoms with van der Waals surface area (Å²) in [4.78, 5) is 146. The molecule has 2 aliphatic rings. The smallest absolute Gasteiger partial charge is 0.249 e. The van der Waals surface area contributed by atoms with Gasteiger partial charge in [0, 0.05) is 56.4 Å². The quantitative estimate of drug-likeness (QED) is 0.0182. The van der Waals surface area contributed by atoms with E-state index in [4.69, 9.17) is 11.1 Å². The van der Waals surface area contributed by atoms with Gasteiger partial charge in [-0.15, -0.1) is 0 Å². The number of para-hydroxylation sites is 1. The Kier molecular flexibility index (Phi) is 25.2. The number of guanidine groups is 1. The summed E-state index contributed by atoms with van der Waals surface area (Å²) in [5.74, 6) is -7.89. The molecule has 0 unspecified atom stereocenters. The van der Waals surface area contributed by atoms with Gasteiger partial charge in [0.25, 0.3) is 0 Å². The van der Waals surface area contributed by atoms with Crippen LogP contribution < -0.4 is 53.6 Å². The van der Waals surface area contributed by atoms with Crippen LogP contribution >= 0.6 is 0 Å². The van der Waals surface area contributed by atoms with Gasteiger partial charge in [0.1, 0.15) is 54.1 Å². The number of nitrogens with zero attached hydrogens (tertiary/aromatic N) is 2. The van der Waals surface area contributed by atoms with E-state index in [0.29, 0.717) is 55.6 Å². The summed E-state index contributed by atoms with van der Waals surface area (Å²) >= 11 is 0. The highest BCUT2D eigenvalue weighted by molar-refractivity contribution is 6.02. The van der Waals surface area contributed by atoms with Crippen LogP contribution in [-0.4, -0.2) is 177 Å². The molecular formula is C61H84N14O12. The average Bonchev–Trinajstić information content (AvgIpc) is 2.34. The van der Waals surface area contributed by atoms with Gasteiger partial charge in [0.15, 0.2) is 5.96 Å². The number of likely N-dealkylation sites (N-methyl/N-ethyl adjacent to an activating group) is 1. The second-order valence-electron chi connectivity index (χ2n) is 22.5. The Morgan fingerprint density at radius 3 is 1.83 bits per heavy atom. The molecular weight excluding hydrogens is 1120 g/mol. The standard InChI is InChI=1S/C61H84N14O12/c1-6-74-27-13-20-50(74)59(86)73-53(80)44(19-12-26-64-61(62)63)67-55(82)45(29-35(2)3)68-52(79)36(4)66-54(81)46(31-39-22-24-41(78)25-23-39)69-58(85)49(34-76)72-57(84)48(32-40-33-65-43-18-11-10-17-42(40)43)70-56(83)47(30-38-15-8-7-9-16-38)71-60(87)51-21-14-28-75(51)37(5)77/h7-11,15-18,22-25,33,35-36,44-51,65,76,78H,6,12-14,19-21,26-32,34H2,1-5H3,(H,66,81)(H,67,82)(H,68,79)(H,69,85)(H,70,83)(H,71,87)(H,72,84)(H4,62,63,64)(H,73,80,86)/t36-,44+,45+,46+,47-,48+,49+,50+,51+/m1/s1. The van der Waals surface area contributed by atoms with Crippen molar-refractivity contribution >= 4 is 75.9 Å². The van der Waals surface area contributed by atoms with Gasteiger partial charge >= 0.3 is 0 Å². The fraction of sp³-hybridized carbons (Fsp3) is 0.492. The molecule has 9 atom stereocenters. The first kappa shape index (κ1) is 67.2. The number of aliphatic hydroxyl groups excluding tert-OH is 1. The molecule has 0 radical (unpaired) electrons. The molecule has 10 amide bonds. The Labute approximate surface area is 505 Å². The van der Waals surface area contributed by atoms with E-state index in [0.717, 1.165) is 17.3 Å². The summed E-state index contributed by atoms with van der Waals surface area (Å²) in [6.07, 6.45) is 3.94. The lowest BCUT2D eigenvalue weighted by Gasteiger charge is -2.28. The topological polar surface area (TPSA) is 392 Å². The molecule has 0 aliphatic carbocycles. The minimum Gasteiger partial charge on any atom is -0.508 e. The Morgan fingerprint density at radius 1 is 0.632 bits per heavy atom. The number of hydrogen-bond acceptors (Lipinski definition) is 14. The second-order valence-corrected chi connectivity index (χ2v) is 22.5. The van der Waals surface area contributed by atoms with Crippen LogP contribution in [-0.2, 0) is 67.2 Å². The van der Waals surface area contributed by atoms with E-state index >= 15 is 0 Å². The molecule has 26 heteroatoms. The Morgan fingerprint density at radius 2 is 1.18 bits per heavy atom. The van der Waals surface area contributed by atoms with Gasteiger partial charge in [-0.1, -0.05) is 81.4 Å². The van der Waals surface area contributed by atoms with Crippen molar-refractivity contribution in [3.63, 3.8) is 0 Å². The number of H-pyrrole nitrogens is 1. The summed E-state index contributed by atoms with van der Waals surface area (Å²) in [6.45, 7) is 9.08. The molecule has 6 rings (SSSR count). The maximum atomic E-state index is 14.6. The Bertz CT molecular complexity index is 3070. The number of nitrogens with one attached hydrogen (secondary N) is 11. The van der Waals surface area contributed by atoms with Crippen molar-refractivity contribution in [3.8, 4) is 5.75 Å². The van der Waals surface area contributed by atoms with Gasteiger partial charge in [-0.3, -0.25) is 63.6 Å². The molecule has 15 N–H and O–H groups in total. The van der Waals surface area contributed by atoms with E-state index in [-0.39, 0.29) is 68.6 Å². The van der Waals surface area contributed by atoms with Crippen LogP contribution in [0.3, 0.4) is 0 Å². The highest BCUT2D eigenvalue weighted by atomic mass is 16.3. The fourth-order valence-corrected chi connectivity index (χ4v) is 10.8. The number of hydrogen-bond donors (Lipinski definition) is 14. The third-order valence-corrected chi connectivity index (χ3v) is 15.5. The molecule has 2 saturated heterocycles. The van der Waals surface area contributed by atoms with Gasteiger partial charge < -0.3 is 68.4 Å². The molecule has 26 nitrogen and oxygen atoms in total. The maximum absolute atomic E-state index is 14.6. The zero-order chi connectivity index (χ0) is 63.3. The normalized spacial score (nSPS) is 17.3. The zero-order valence-corrected chi connectivity index (χ0v) is 49.9. The van der Waals surface area contributed by atoms with Gasteiger partial charge in [-0.2, -0.15) is 0 Å². The van der Waals surface area contributed by atoms with Gasteiger partial charge in [0.2, 0.25) is 59.1 Å². The van der Waals surface area contributed by atoms with Gasteiger partial charge in [-0.05, 0) is 106 Å². The number of carbonyl (C=O) groups excluding carboxylic acids is 10. The van der Waals surface area contributed by atoms with E-state index < -0.39 is 114 Å². The molecule has 3 aromatic carbocycles. The Balaban J connectivity index is 1.18. The molecule has 1 aromatic heterocycles. The van der Waals surface area contributed by atoms with Crippen LogP contribution in [0.4, 0.5) is 0 Å². The van der Waals surface area contributed by atoms with Crippen molar-refractivity contribution in [2.45, 2.75) is 153 Å². The first-order valence-electron chi connectivity index (χ1n) is 29.6. The number of aliphatic hydroxyl groups is 1. The predicted molar refractivity (Wildman–Crippen MR) is 323 cm³/mol. The summed E-state index contributed by atoms with van der Waals surface area (Å²) in [6, 6.07) is 10.7. The maximum Gasteiger partial charge on any atom is 0.249 e. The molecule has 4 aromatic rings. The largest absolute Gasteiger partial charge is 0.508 e. The number of benzene rings is 3. The number of amides is 10. The molecule has 0 saturated carbocycles. The molecule has 3 heterocycles. The summed E-state index contributed by atoms with van der Waals surface area (Å²) in [5.41, 5.74) is 7.89. The van der Waals surface area contributed by atoms with Crippen LogP contribution in [0.5, 0.6) is 5.75 Å². The first-order valence-corrected chi connectivity index (χ1v) is 29.6. The second kappa shape index (κ2) is 32.6. The van der Waals surface area contributed by atoms with Crippen LogP contribution in [0.25, 0.3) is 10.9 Å². The Hall–Kier alpha value is -8.91. The van der Waals surface area contributed by atoms with Crippen molar-refractivity contribution in [2.24, 2.45) is 11.7 Å². The number of fused-ring (bicyclic) bond motifs is 1. The van der Waals surface area contributed by atoms with Crippen LogP contribution in [0.1, 0.15) is 96.3 Å². The number of imide groups is 1. The minimum absolute atomic E-state index is 0.000688. The van der Waals surface area contributed by atoms with Crippen LogP contribution in [0, 0.1) is 11.3 Å². The number of aromatic amines is 1. The van der Waals surface area contributed by atoms with Crippen molar-refractivity contribution in [3.05, 3.63) is 102 Å². The van der Waals surface area contributed by atoms with Gasteiger partial charge in [0.05, 0.1) is 12.6 Å². The minimum atomic E-state index is -1.74. The van der Waals surface area contributed by atoms with Crippen molar-refractivity contribution in [1.29, 1.82) is 5.41 Å². The zero-order valence-electron chi connectivity index (χ0n) is 49.9. The lowest BCUT2D eigenvalue weighted by atomic mass is 10.0. The van der Waals surface area contributed by atoms with E-state index in [2.05, 4.69) is 52.8 Å². The van der Waals surface area contributed by atoms with E-state index in [9.17, 15) is 58.2 Å². The van der Waals surface area contributed by atoms with Gasteiger partial charge in [-0.25, -0.2) is 0 Å². The van der Waals surface area contributed by atoms with Crippen LogP contribution in [0.2, 0.25) is 0 Å². The third kappa shape index (κ3) is 19.8. The van der Waals surface area contributed by atoms with E-state index in [1.807, 2.05) is 30.0 Å². The number of phenolic OH excluding ortho intramolecular Hbond substituents is 1. The van der Waals surface area contributed by atoms with Crippen LogP contribution in [0.15, 0.2) is 85.1 Å². The number of phenols is 1. The fourth-order valence-electron chi connectivity index (χ4n) is 10.8. The highest BCUT2D eigenvalue weighted by Crippen LogP contribution is 2.22. The SMILES string of the molecule is CCN1CCC[C@H]1C(=O)NC(=O)[C@H](CCCNC(=N)N)NC(=O)[C@H](CC(C)C)NC(=O)[C@@H](C)NC(=O)[C@H](Cc1ccc(O)cc1)NC(=O)[C@H](CO)NC(=O)[C@H](Cc1c[nH]c2ccccc12)NC(=O)[C@@H](Cc1ccccc1)NC(=O)[C@@H]1CCCN1C(C)=O. The van der Waals surface area contributed by atoms with E-state index in [1.165, 1.54) is 43.0 Å². The predicted octanol–water partition coefficient (Wildman–Crippen LogP) is -0.245. The number of likely N-dealkylation sites (tertiary alicyclic amines) is 2. The molecule has 470 valence electrons. The number of rotatable bonds is 30. The first-order chi connectivity index (χ1) is 41.5. The lowest BCUT2D eigenvalue weighted by molar-refractivity contribution is -0.138. The molecule has 2 fully saturated rings. The third-order valence-electron chi connectivity index (χ3n) is 15.5. The molecule has 87 heavy (non-hydrogen) atoms. The van der Waals surface area contributed by atoms with E-state index in [1.54, 1.807) is 56.4 Å².